The summed E-state index contributed by atoms with van der Waals surface area (Å²) in [6, 6.07) is 14.8. The van der Waals surface area contributed by atoms with Crippen molar-refractivity contribution in [3.63, 3.8) is 0 Å². The molecule has 0 saturated heterocycles. The average molecular weight is 440 g/mol. The van der Waals surface area contributed by atoms with E-state index >= 15 is 0 Å². The Kier molecular flexibility index (Phi) is 7.65. The molecule has 3 rings (SSSR count). The molecule has 160 valence electrons. The second kappa shape index (κ2) is 10.0. The molecule has 2 aromatic heterocycles. The predicted octanol–water partition coefficient (Wildman–Crippen LogP) is 7.71. The molecule has 0 amide bonds. The van der Waals surface area contributed by atoms with Crippen LogP contribution in [0.25, 0.3) is 21.6 Å². The molecule has 4 heteroatoms. The third-order valence-corrected chi connectivity index (χ3v) is 8.08. The number of hydrogen-bond donors (Lipinski definition) is 0. The second-order valence-electron chi connectivity index (χ2n) is 8.98. The van der Waals surface area contributed by atoms with Gasteiger partial charge in [0.2, 0.25) is 0 Å². The Morgan fingerprint density at radius 3 is 2.37 bits per heavy atom. The van der Waals surface area contributed by atoms with Crippen molar-refractivity contribution in [1.82, 2.24) is 4.98 Å². The summed E-state index contributed by atoms with van der Waals surface area (Å²) in [6.07, 6.45) is 5.31. The lowest BCUT2D eigenvalue weighted by atomic mass is 9.90. The second-order valence-corrected chi connectivity index (χ2v) is 11.4. The summed E-state index contributed by atoms with van der Waals surface area (Å²) in [6.45, 7) is 11.0. The molecule has 2 atom stereocenters. The van der Waals surface area contributed by atoms with Crippen LogP contribution in [-0.2, 0) is 16.2 Å². The first kappa shape index (κ1) is 22.9. The Bertz CT molecular complexity index is 983. The largest absolute Gasteiger partial charge is 0.261 e. The van der Waals surface area contributed by atoms with Crippen LogP contribution >= 0.6 is 11.3 Å². The highest BCUT2D eigenvalue weighted by Gasteiger charge is 2.16. The Morgan fingerprint density at radius 1 is 1.00 bits per heavy atom. The molecule has 0 radical (unpaired) electrons. The molecule has 3 aromatic rings. The van der Waals surface area contributed by atoms with Crippen LogP contribution in [0.5, 0.6) is 0 Å². The van der Waals surface area contributed by atoms with E-state index in [-0.39, 0.29) is 5.41 Å². The highest BCUT2D eigenvalue weighted by Crippen LogP contribution is 2.34. The zero-order valence-electron chi connectivity index (χ0n) is 18.8. The molecule has 2 nitrogen and oxygen atoms in total. The van der Waals surface area contributed by atoms with E-state index in [0.717, 1.165) is 35.6 Å². The Balaban J connectivity index is 1.76. The highest BCUT2D eigenvalue weighted by atomic mass is 32.2. The van der Waals surface area contributed by atoms with Crippen LogP contribution in [0.15, 0.2) is 58.9 Å². The molecule has 2 unspecified atom stereocenters. The number of thiophene rings is 1. The maximum Gasteiger partial charge on any atom is 0.0532 e. The van der Waals surface area contributed by atoms with E-state index in [1.54, 1.807) is 11.3 Å². The molecule has 0 spiro atoms. The van der Waals surface area contributed by atoms with Crippen molar-refractivity contribution in [3.05, 3.63) is 59.7 Å². The van der Waals surface area contributed by atoms with Gasteiger partial charge in [0.1, 0.15) is 0 Å². The number of pyridine rings is 1. The number of hydrogen-bond acceptors (Lipinski definition) is 3. The SMILES string of the molecule is CCCC(CC)CS(=O)c1ccc(-c2cc(-c3ccnc(C(C)(C)C)c3)cs2)cc1. The van der Waals surface area contributed by atoms with Gasteiger partial charge in [0.05, 0.1) is 10.8 Å². The lowest BCUT2D eigenvalue weighted by Gasteiger charge is -2.18. The first-order valence-corrected chi connectivity index (χ1v) is 13.1. The lowest BCUT2D eigenvalue weighted by Crippen LogP contribution is -2.13. The molecule has 0 bridgehead atoms. The minimum atomic E-state index is -0.919. The average Bonchev–Trinajstić information content (AvgIpc) is 3.23. The van der Waals surface area contributed by atoms with Gasteiger partial charge in [0, 0.05) is 32.8 Å². The fourth-order valence-corrected chi connectivity index (χ4v) is 5.94. The van der Waals surface area contributed by atoms with E-state index in [1.807, 2.05) is 18.3 Å². The molecule has 0 aliphatic carbocycles. The minimum absolute atomic E-state index is 0.0360. The summed E-state index contributed by atoms with van der Waals surface area (Å²) < 4.78 is 12.7. The molecular formula is C26H33NOS2. The number of benzene rings is 1. The third-order valence-electron chi connectivity index (χ3n) is 5.52. The first-order chi connectivity index (χ1) is 14.3. The van der Waals surface area contributed by atoms with Crippen LogP contribution in [0.4, 0.5) is 0 Å². The quantitative estimate of drug-likeness (QED) is 0.360. The predicted molar refractivity (Wildman–Crippen MR) is 132 cm³/mol. The third kappa shape index (κ3) is 5.67. The molecule has 0 aliphatic rings. The summed E-state index contributed by atoms with van der Waals surface area (Å²) in [5.41, 5.74) is 4.75. The summed E-state index contributed by atoms with van der Waals surface area (Å²) in [4.78, 5) is 6.71. The van der Waals surface area contributed by atoms with Gasteiger partial charge >= 0.3 is 0 Å². The summed E-state index contributed by atoms with van der Waals surface area (Å²) in [7, 11) is -0.919. The van der Waals surface area contributed by atoms with Crippen molar-refractivity contribution in [1.29, 1.82) is 0 Å². The Morgan fingerprint density at radius 2 is 1.73 bits per heavy atom. The topological polar surface area (TPSA) is 30.0 Å². The number of aromatic nitrogens is 1. The van der Waals surface area contributed by atoms with Crippen LogP contribution in [0.3, 0.4) is 0 Å². The van der Waals surface area contributed by atoms with Crippen LogP contribution in [0.2, 0.25) is 0 Å². The standard InChI is InChI=1S/C26H33NOS2/c1-6-8-19(7-2)18-30(28)23-11-9-20(10-12-23)24-15-22(17-29-24)21-13-14-27-25(16-21)26(3,4)5/h9-17,19H,6-8,18H2,1-5H3. The molecule has 1 aromatic carbocycles. The van der Waals surface area contributed by atoms with Crippen molar-refractivity contribution >= 4 is 22.1 Å². The number of rotatable bonds is 8. The maximum atomic E-state index is 12.7. The van der Waals surface area contributed by atoms with E-state index in [9.17, 15) is 4.21 Å². The van der Waals surface area contributed by atoms with E-state index in [4.69, 9.17) is 0 Å². The van der Waals surface area contributed by atoms with E-state index in [1.165, 1.54) is 21.6 Å². The van der Waals surface area contributed by atoms with Gasteiger partial charge in [-0.3, -0.25) is 9.19 Å². The molecule has 30 heavy (non-hydrogen) atoms. The Hall–Kier alpha value is -1.78. The lowest BCUT2D eigenvalue weighted by molar-refractivity contribution is 0.511. The monoisotopic (exact) mass is 439 g/mol. The van der Waals surface area contributed by atoms with Gasteiger partial charge in [-0.2, -0.15) is 0 Å². The van der Waals surface area contributed by atoms with Crippen LogP contribution < -0.4 is 0 Å². The van der Waals surface area contributed by atoms with E-state index in [0.29, 0.717) is 5.92 Å². The smallest absolute Gasteiger partial charge is 0.0532 e. The zero-order valence-corrected chi connectivity index (χ0v) is 20.4. The molecular weight excluding hydrogens is 406 g/mol. The van der Waals surface area contributed by atoms with Gasteiger partial charge in [-0.1, -0.05) is 59.6 Å². The molecule has 2 heterocycles. The Labute approximate surface area is 188 Å². The van der Waals surface area contributed by atoms with Crippen molar-refractivity contribution in [2.45, 2.75) is 64.2 Å². The molecule has 0 fully saturated rings. The van der Waals surface area contributed by atoms with Crippen molar-refractivity contribution < 1.29 is 4.21 Å². The van der Waals surface area contributed by atoms with E-state index in [2.05, 4.69) is 75.3 Å². The van der Waals surface area contributed by atoms with Crippen LogP contribution in [-0.4, -0.2) is 14.9 Å². The van der Waals surface area contributed by atoms with E-state index < -0.39 is 10.8 Å². The summed E-state index contributed by atoms with van der Waals surface area (Å²) in [5.74, 6) is 1.32. The van der Waals surface area contributed by atoms with Crippen molar-refractivity contribution in [2.24, 2.45) is 5.92 Å². The number of nitrogens with zero attached hydrogens (tertiary/aromatic N) is 1. The van der Waals surface area contributed by atoms with Gasteiger partial charge < -0.3 is 0 Å². The highest BCUT2D eigenvalue weighted by molar-refractivity contribution is 7.85. The zero-order chi connectivity index (χ0) is 21.7. The van der Waals surface area contributed by atoms with Crippen LogP contribution in [0, 0.1) is 5.92 Å². The minimum Gasteiger partial charge on any atom is -0.261 e. The van der Waals surface area contributed by atoms with Gasteiger partial charge in [0.25, 0.3) is 0 Å². The maximum absolute atomic E-state index is 12.7. The summed E-state index contributed by atoms with van der Waals surface area (Å²) >= 11 is 1.75. The molecule has 0 saturated carbocycles. The fraction of sp³-hybridized carbons (Fsp3) is 0.423. The van der Waals surface area contributed by atoms with Gasteiger partial charge in [-0.25, -0.2) is 0 Å². The summed E-state index contributed by atoms with van der Waals surface area (Å²) in [5, 5.41) is 2.21. The van der Waals surface area contributed by atoms with Crippen molar-refractivity contribution in [2.75, 3.05) is 5.75 Å². The normalized spacial score (nSPS) is 13.9. The fourth-order valence-electron chi connectivity index (χ4n) is 3.55. The van der Waals surface area contributed by atoms with Crippen molar-refractivity contribution in [3.8, 4) is 21.6 Å². The van der Waals surface area contributed by atoms with Gasteiger partial charge in [-0.05, 0) is 64.7 Å². The molecule has 0 aliphatic heterocycles. The van der Waals surface area contributed by atoms with Gasteiger partial charge in [0.15, 0.2) is 0 Å². The first-order valence-electron chi connectivity index (χ1n) is 10.9. The molecule has 0 N–H and O–H groups in total. The van der Waals surface area contributed by atoms with Gasteiger partial charge in [-0.15, -0.1) is 11.3 Å². The van der Waals surface area contributed by atoms with Crippen LogP contribution in [0.1, 0.15) is 59.6 Å².